The number of aryl methyl sites for hydroxylation is 1. The molecule has 2 aliphatic rings. The van der Waals surface area contributed by atoms with Crippen molar-refractivity contribution in [1.29, 1.82) is 0 Å². The van der Waals surface area contributed by atoms with Gasteiger partial charge in [0.1, 0.15) is 16.9 Å². The number of carbonyl (C=O) groups is 2. The second-order valence-corrected chi connectivity index (χ2v) is 9.80. The number of rotatable bonds is 5. The third-order valence-electron chi connectivity index (χ3n) is 5.95. The van der Waals surface area contributed by atoms with E-state index in [0.29, 0.717) is 22.8 Å². The highest BCUT2D eigenvalue weighted by Crippen LogP contribution is 2.38. The van der Waals surface area contributed by atoms with Crippen LogP contribution in [-0.2, 0) is 9.59 Å². The molecule has 3 aromatic rings. The molecule has 2 heterocycles. The Morgan fingerprint density at radius 2 is 1.81 bits per heavy atom. The summed E-state index contributed by atoms with van der Waals surface area (Å²) in [5.74, 6) is -1.57. The molecule has 0 saturated carbocycles. The van der Waals surface area contributed by atoms with E-state index in [2.05, 4.69) is 10.3 Å². The molecule has 0 radical (unpaired) electrons. The van der Waals surface area contributed by atoms with Gasteiger partial charge >= 0.3 is 0 Å². The number of benzene rings is 3. The van der Waals surface area contributed by atoms with Crippen LogP contribution in [0.15, 0.2) is 82.9 Å². The number of nitrogens with zero attached hydrogens (tertiary/aromatic N) is 3. The van der Waals surface area contributed by atoms with E-state index in [0.717, 1.165) is 28.6 Å². The number of aliphatic imine (C=N–C) groups is 1. The molecule has 9 heteroatoms. The van der Waals surface area contributed by atoms with E-state index in [9.17, 15) is 18.4 Å². The topological polar surface area (TPSA) is 74.1 Å². The summed E-state index contributed by atoms with van der Waals surface area (Å²) in [6, 6.07) is 19.3. The van der Waals surface area contributed by atoms with Gasteiger partial charge in [0.05, 0.1) is 11.8 Å². The number of hydrogen-bond acceptors (Lipinski definition) is 5. The maximum absolute atomic E-state index is 14.0. The summed E-state index contributed by atoms with van der Waals surface area (Å²) < 4.78 is 27.2. The minimum Gasteiger partial charge on any atom is -0.326 e. The van der Waals surface area contributed by atoms with Gasteiger partial charge in [-0.05, 0) is 54.4 Å². The monoisotopic (exact) mass is 504 g/mol. The van der Waals surface area contributed by atoms with Crippen LogP contribution < -0.4 is 5.32 Å². The summed E-state index contributed by atoms with van der Waals surface area (Å²) in [6.45, 7) is 2.00. The number of thioether (sulfide) groups is 1. The first-order chi connectivity index (χ1) is 17.4. The van der Waals surface area contributed by atoms with Gasteiger partial charge in [-0.3, -0.25) is 9.59 Å². The molecule has 2 amide bonds. The third kappa shape index (κ3) is 5.21. The van der Waals surface area contributed by atoms with Crippen molar-refractivity contribution in [2.75, 3.05) is 5.32 Å². The Hall–Kier alpha value is -3.85. The van der Waals surface area contributed by atoms with Gasteiger partial charge in [-0.25, -0.2) is 13.8 Å². The second-order valence-electron chi connectivity index (χ2n) is 8.63. The van der Waals surface area contributed by atoms with Crippen LogP contribution in [0.2, 0.25) is 0 Å². The van der Waals surface area contributed by atoms with Crippen molar-refractivity contribution in [1.82, 2.24) is 5.01 Å². The number of nitrogens with one attached hydrogen (secondary N) is 1. The first-order valence-corrected chi connectivity index (χ1v) is 12.3. The molecule has 0 bridgehead atoms. The Balaban J connectivity index is 1.35. The fraction of sp³-hybridized carbons (Fsp3) is 0.185. The lowest BCUT2D eigenvalue weighted by atomic mass is 9.98. The molecule has 36 heavy (non-hydrogen) atoms. The molecule has 3 aromatic carbocycles. The molecule has 6 nitrogen and oxygen atoms in total. The van der Waals surface area contributed by atoms with Gasteiger partial charge in [-0.15, -0.1) is 0 Å². The van der Waals surface area contributed by atoms with E-state index in [1.165, 1.54) is 36.4 Å². The smallest absolute Gasteiger partial charge is 0.262 e. The minimum absolute atomic E-state index is 0.0963. The molecule has 2 atom stereocenters. The average molecular weight is 505 g/mol. The maximum Gasteiger partial charge on any atom is 0.262 e. The van der Waals surface area contributed by atoms with Gasteiger partial charge in [0.15, 0.2) is 5.17 Å². The Morgan fingerprint density at radius 1 is 1.06 bits per heavy atom. The Bertz CT molecular complexity index is 1370. The van der Waals surface area contributed by atoms with Crippen LogP contribution in [0.4, 0.5) is 14.5 Å². The molecule has 182 valence electrons. The number of amides is 2. The largest absolute Gasteiger partial charge is 0.326 e. The Morgan fingerprint density at radius 3 is 2.53 bits per heavy atom. The van der Waals surface area contributed by atoms with E-state index in [4.69, 9.17) is 5.10 Å². The van der Waals surface area contributed by atoms with Gasteiger partial charge < -0.3 is 5.32 Å². The summed E-state index contributed by atoms with van der Waals surface area (Å²) in [5, 5.41) is 8.75. The first-order valence-electron chi connectivity index (χ1n) is 11.4. The van der Waals surface area contributed by atoms with Gasteiger partial charge in [0.25, 0.3) is 5.91 Å². The van der Waals surface area contributed by atoms with E-state index in [1.54, 1.807) is 11.1 Å². The highest BCUT2D eigenvalue weighted by Gasteiger charge is 2.39. The number of carbonyl (C=O) groups excluding carboxylic acids is 2. The number of amidine groups is 1. The predicted molar refractivity (Wildman–Crippen MR) is 137 cm³/mol. The molecule has 2 aliphatic heterocycles. The van der Waals surface area contributed by atoms with Crippen molar-refractivity contribution in [3.63, 3.8) is 0 Å². The van der Waals surface area contributed by atoms with Crippen molar-refractivity contribution in [2.45, 2.75) is 31.1 Å². The van der Waals surface area contributed by atoms with Crippen LogP contribution in [0, 0.1) is 18.6 Å². The second kappa shape index (κ2) is 10.0. The van der Waals surface area contributed by atoms with Crippen molar-refractivity contribution in [2.24, 2.45) is 10.1 Å². The lowest BCUT2D eigenvalue weighted by molar-refractivity contribution is -0.121. The van der Waals surface area contributed by atoms with E-state index in [-0.39, 0.29) is 24.2 Å². The summed E-state index contributed by atoms with van der Waals surface area (Å²) >= 11 is 1.16. The van der Waals surface area contributed by atoms with E-state index < -0.39 is 17.0 Å². The zero-order valence-electron chi connectivity index (χ0n) is 19.3. The van der Waals surface area contributed by atoms with Crippen LogP contribution in [0.1, 0.15) is 35.6 Å². The number of hydrogen-bond donors (Lipinski definition) is 1. The van der Waals surface area contributed by atoms with Crippen LogP contribution in [0.5, 0.6) is 0 Å². The van der Waals surface area contributed by atoms with Crippen LogP contribution >= 0.6 is 11.8 Å². The number of hydrazone groups is 1. The van der Waals surface area contributed by atoms with E-state index >= 15 is 0 Å². The molecular weight excluding hydrogens is 482 g/mol. The normalized spacial score (nSPS) is 19.3. The van der Waals surface area contributed by atoms with Crippen LogP contribution in [0.25, 0.3) is 0 Å². The van der Waals surface area contributed by atoms with Gasteiger partial charge in [-0.2, -0.15) is 10.1 Å². The molecule has 0 aromatic heterocycles. The maximum atomic E-state index is 14.0. The molecule has 1 N–H and O–H groups in total. The highest BCUT2D eigenvalue weighted by atomic mass is 32.2. The van der Waals surface area contributed by atoms with Crippen LogP contribution in [0.3, 0.4) is 0 Å². The van der Waals surface area contributed by atoms with Gasteiger partial charge in [-0.1, -0.05) is 53.7 Å². The van der Waals surface area contributed by atoms with Crippen molar-refractivity contribution < 1.29 is 18.4 Å². The first kappa shape index (κ1) is 23.9. The summed E-state index contributed by atoms with van der Waals surface area (Å²) in [4.78, 5) is 29.4. The predicted octanol–water partition coefficient (Wildman–Crippen LogP) is 5.45. The number of anilines is 1. The summed E-state index contributed by atoms with van der Waals surface area (Å²) in [6.07, 6.45) is 0.414. The van der Waals surface area contributed by atoms with E-state index in [1.807, 2.05) is 37.3 Å². The molecule has 0 aliphatic carbocycles. The molecular formula is C27H22F2N4O2S. The lowest BCUT2D eigenvalue weighted by Gasteiger charge is -2.23. The highest BCUT2D eigenvalue weighted by molar-refractivity contribution is 8.15. The minimum atomic E-state index is -0.716. The van der Waals surface area contributed by atoms with Gasteiger partial charge in [0.2, 0.25) is 5.91 Å². The zero-order chi connectivity index (χ0) is 25.2. The average Bonchev–Trinajstić information content (AvgIpc) is 3.45. The standard InChI is InChI=1S/C27H22F2N4O2S/c1-16-5-7-17(8-6-16)22-14-23(18-3-2-4-20(29)13-18)33(32-22)27-31-26(35)24(36-27)15-25(34)30-21-11-9-19(28)10-12-21/h2-13,23-24H,14-15H2,1H3,(H,30,34)/t23-,24-/m1/s1. The molecule has 0 spiro atoms. The fourth-order valence-electron chi connectivity index (χ4n) is 4.10. The molecule has 0 unspecified atom stereocenters. The fourth-order valence-corrected chi connectivity index (χ4v) is 5.16. The summed E-state index contributed by atoms with van der Waals surface area (Å²) in [7, 11) is 0. The SMILES string of the molecule is Cc1ccc(C2=NN(C3=NC(=O)[C@@H](CC(=O)Nc4ccc(F)cc4)S3)[C@@H](c3cccc(F)c3)C2)cc1. The molecule has 0 fully saturated rings. The Kier molecular flexibility index (Phi) is 6.65. The molecule has 5 rings (SSSR count). The van der Waals surface area contributed by atoms with Gasteiger partial charge in [0, 0.05) is 18.5 Å². The van der Waals surface area contributed by atoms with Crippen LogP contribution in [-0.4, -0.2) is 33.0 Å². The summed E-state index contributed by atoms with van der Waals surface area (Å²) in [5.41, 5.74) is 4.02. The van der Waals surface area contributed by atoms with Crippen molar-refractivity contribution in [3.8, 4) is 0 Å². The number of halogens is 2. The van der Waals surface area contributed by atoms with Crippen molar-refractivity contribution >= 4 is 40.1 Å². The van der Waals surface area contributed by atoms with Crippen molar-refractivity contribution in [3.05, 3.63) is 101 Å². The quantitative estimate of drug-likeness (QED) is 0.501. The molecule has 0 saturated heterocycles. The Labute approximate surface area is 211 Å². The lowest BCUT2D eigenvalue weighted by Crippen LogP contribution is -2.25. The zero-order valence-corrected chi connectivity index (χ0v) is 20.1. The third-order valence-corrected chi connectivity index (χ3v) is 7.09.